The van der Waals surface area contributed by atoms with Crippen molar-refractivity contribution in [2.24, 2.45) is 0 Å². The number of hydrogen-bond acceptors (Lipinski definition) is 5. The van der Waals surface area contributed by atoms with E-state index in [4.69, 9.17) is 4.52 Å². The molecule has 2 fully saturated rings. The van der Waals surface area contributed by atoms with Crippen LogP contribution in [-0.4, -0.2) is 46.6 Å². The molecule has 0 radical (unpaired) electrons. The highest BCUT2D eigenvalue weighted by Crippen LogP contribution is 2.25. The highest BCUT2D eigenvalue weighted by Gasteiger charge is 2.26. The first-order valence-electron chi connectivity index (χ1n) is 9.02. The zero-order valence-corrected chi connectivity index (χ0v) is 14.1. The summed E-state index contributed by atoms with van der Waals surface area (Å²) in [5, 5.41) is 7.09. The second-order valence-corrected chi connectivity index (χ2v) is 6.97. The standard InChI is InChI=1S/C17H28N4O2/c1-13-18-17(23-20-13)14-6-5-10-21(12-14)11-9-16(22)19-15-7-3-2-4-8-15/h14-15H,2-12H2,1H3,(H,19,22)/t14-/m0/s1. The topological polar surface area (TPSA) is 71.3 Å². The number of aryl methyl sites for hydroxylation is 1. The van der Waals surface area contributed by atoms with Crippen LogP contribution in [-0.2, 0) is 4.79 Å². The van der Waals surface area contributed by atoms with Crippen LogP contribution < -0.4 is 5.32 Å². The van der Waals surface area contributed by atoms with Crippen molar-refractivity contribution in [1.82, 2.24) is 20.4 Å². The minimum Gasteiger partial charge on any atom is -0.353 e. The maximum atomic E-state index is 12.1. The summed E-state index contributed by atoms with van der Waals surface area (Å²) in [7, 11) is 0. The largest absolute Gasteiger partial charge is 0.353 e. The molecule has 1 saturated heterocycles. The lowest BCUT2D eigenvalue weighted by Gasteiger charge is -2.31. The van der Waals surface area contributed by atoms with E-state index in [9.17, 15) is 4.79 Å². The average Bonchev–Trinajstić information content (AvgIpc) is 3.01. The Morgan fingerprint density at radius 3 is 2.83 bits per heavy atom. The van der Waals surface area contributed by atoms with Crippen molar-refractivity contribution in [3.05, 3.63) is 11.7 Å². The van der Waals surface area contributed by atoms with E-state index >= 15 is 0 Å². The molecule has 2 heterocycles. The minimum absolute atomic E-state index is 0.202. The SMILES string of the molecule is Cc1noc([C@H]2CCCN(CCC(=O)NC3CCCCC3)C2)n1. The zero-order valence-electron chi connectivity index (χ0n) is 14.1. The predicted octanol–water partition coefficient (Wildman–Crippen LogP) is 2.40. The first kappa shape index (κ1) is 16.4. The fraction of sp³-hybridized carbons (Fsp3) is 0.824. The minimum atomic E-state index is 0.202. The second-order valence-electron chi connectivity index (χ2n) is 6.97. The van der Waals surface area contributed by atoms with Gasteiger partial charge in [0.05, 0.1) is 5.92 Å². The van der Waals surface area contributed by atoms with Gasteiger partial charge in [-0.3, -0.25) is 4.79 Å². The lowest BCUT2D eigenvalue weighted by atomic mass is 9.95. The first-order chi connectivity index (χ1) is 11.2. The third-order valence-electron chi connectivity index (χ3n) is 5.02. The van der Waals surface area contributed by atoms with Crippen LogP contribution in [0.15, 0.2) is 4.52 Å². The third kappa shape index (κ3) is 4.77. The number of piperidine rings is 1. The van der Waals surface area contributed by atoms with Crippen molar-refractivity contribution in [1.29, 1.82) is 0 Å². The maximum absolute atomic E-state index is 12.1. The Hall–Kier alpha value is -1.43. The molecule has 1 aromatic heterocycles. The van der Waals surface area contributed by atoms with Crippen molar-refractivity contribution in [2.45, 2.75) is 70.3 Å². The molecule has 23 heavy (non-hydrogen) atoms. The fourth-order valence-corrected chi connectivity index (χ4v) is 3.75. The Morgan fingerprint density at radius 2 is 2.09 bits per heavy atom. The van der Waals surface area contributed by atoms with Crippen LogP contribution in [0.2, 0.25) is 0 Å². The van der Waals surface area contributed by atoms with E-state index < -0.39 is 0 Å². The van der Waals surface area contributed by atoms with E-state index in [0.717, 1.165) is 51.2 Å². The molecule has 1 amide bonds. The van der Waals surface area contributed by atoms with E-state index in [1.807, 2.05) is 6.92 Å². The predicted molar refractivity (Wildman–Crippen MR) is 87.1 cm³/mol. The van der Waals surface area contributed by atoms with Crippen LogP contribution in [0.25, 0.3) is 0 Å². The highest BCUT2D eigenvalue weighted by atomic mass is 16.5. The van der Waals surface area contributed by atoms with Crippen LogP contribution in [0, 0.1) is 6.92 Å². The van der Waals surface area contributed by atoms with Crippen molar-refractivity contribution in [2.75, 3.05) is 19.6 Å². The van der Waals surface area contributed by atoms with Gasteiger partial charge in [-0.1, -0.05) is 24.4 Å². The molecule has 1 aromatic rings. The normalized spacial score (nSPS) is 23.8. The monoisotopic (exact) mass is 320 g/mol. The Labute approximate surface area is 138 Å². The molecular formula is C17H28N4O2. The van der Waals surface area contributed by atoms with Crippen molar-refractivity contribution >= 4 is 5.91 Å². The smallest absolute Gasteiger partial charge is 0.231 e. The third-order valence-corrected chi connectivity index (χ3v) is 5.02. The molecule has 2 aliphatic rings. The molecule has 1 N–H and O–H groups in total. The number of aromatic nitrogens is 2. The number of likely N-dealkylation sites (tertiary alicyclic amines) is 1. The number of carbonyl (C=O) groups is 1. The summed E-state index contributed by atoms with van der Waals surface area (Å²) in [6.07, 6.45) is 8.91. The first-order valence-corrected chi connectivity index (χ1v) is 9.02. The average molecular weight is 320 g/mol. The van der Waals surface area contributed by atoms with Gasteiger partial charge in [0.1, 0.15) is 0 Å². The van der Waals surface area contributed by atoms with Gasteiger partial charge in [0.15, 0.2) is 5.82 Å². The summed E-state index contributed by atoms with van der Waals surface area (Å²) in [6, 6.07) is 0.409. The summed E-state index contributed by atoms with van der Waals surface area (Å²) in [5.41, 5.74) is 0. The molecule has 0 unspecified atom stereocenters. The Balaban J connectivity index is 1.41. The summed E-state index contributed by atoms with van der Waals surface area (Å²) in [6.45, 7) is 4.64. The van der Waals surface area contributed by atoms with E-state index in [2.05, 4.69) is 20.4 Å². The lowest BCUT2D eigenvalue weighted by molar-refractivity contribution is -0.122. The Kier molecular flexibility index (Phi) is 5.65. The molecule has 1 atom stereocenters. The van der Waals surface area contributed by atoms with Crippen LogP contribution in [0.1, 0.15) is 69.0 Å². The summed E-state index contributed by atoms with van der Waals surface area (Å²) in [4.78, 5) is 18.8. The maximum Gasteiger partial charge on any atom is 0.231 e. The van der Waals surface area contributed by atoms with Gasteiger partial charge in [-0.2, -0.15) is 4.98 Å². The molecule has 128 valence electrons. The van der Waals surface area contributed by atoms with Crippen LogP contribution in [0.5, 0.6) is 0 Å². The van der Waals surface area contributed by atoms with E-state index in [0.29, 0.717) is 24.2 Å². The van der Waals surface area contributed by atoms with E-state index in [-0.39, 0.29) is 5.91 Å². The Bertz CT molecular complexity index is 510. The van der Waals surface area contributed by atoms with Crippen LogP contribution in [0.3, 0.4) is 0 Å². The van der Waals surface area contributed by atoms with Crippen molar-refractivity contribution in [3.63, 3.8) is 0 Å². The van der Waals surface area contributed by atoms with Crippen molar-refractivity contribution < 1.29 is 9.32 Å². The molecule has 1 aliphatic carbocycles. The quantitative estimate of drug-likeness (QED) is 0.902. The zero-order chi connectivity index (χ0) is 16.1. The van der Waals surface area contributed by atoms with Crippen molar-refractivity contribution in [3.8, 4) is 0 Å². The Morgan fingerprint density at radius 1 is 1.26 bits per heavy atom. The number of rotatable bonds is 5. The van der Waals surface area contributed by atoms with Crippen LogP contribution >= 0.6 is 0 Å². The fourth-order valence-electron chi connectivity index (χ4n) is 3.75. The number of nitrogens with zero attached hydrogens (tertiary/aromatic N) is 3. The molecule has 0 bridgehead atoms. The second kappa shape index (κ2) is 7.90. The molecule has 1 saturated carbocycles. The van der Waals surface area contributed by atoms with E-state index in [1.165, 1.54) is 19.3 Å². The van der Waals surface area contributed by atoms with E-state index in [1.54, 1.807) is 0 Å². The molecule has 0 spiro atoms. The van der Waals surface area contributed by atoms with Gasteiger partial charge < -0.3 is 14.7 Å². The summed E-state index contributed by atoms with van der Waals surface area (Å²) in [5.74, 6) is 1.96. The number of amides is 1. The molecule has 3 rings (SSSR count). The summed E-state index contributed by atoms with van der Waals surface area (Å²) >= 11 is 0. The highest BCUT2D eigenvalue weighted by molar-refractivity contribution is 5.76. The molecule has 6 heteroatoms. The van der Waals surface area contributed by atoms with Gasteiger partial charge in [-0.05, 0) is 39.2 Å². The van der Waals surface area contributed by atoms with Gasteiger partial charge in [0.25, 0.3) is 0 Å². The molecule has 0 aromatic carbocycles. The number of hydrogen-bond donors (Lipinski definition) is 1. The van der Waals surface area contributed by atoms with Gasteiger partial charge in [-0.15, -0.1) is 0 Å². The molecule has 1 aliphatic heterocycles. The van der Waals surface area contributed by atoms with Crippen LogP contribution in [0.4, 0.5) is 0 Å². The summed E-state index contributed by atoms with van der Waals surface area (Å²) < 4.78 is 5.31. The number of nitrogens with one attached hydrogen (secondary N) is 1. The van der Waals surface area contributed by atoms with Gasteiger partial charge in [-0.25, -0.2) is 0 Å². The van der Waals surface area contributed by atoms with Gasteiger partial charge >= 0.3 is 0 Å². The lowest BCUT2D eigenvalue weighted by Crippen LogP contribution is -2.40. The molecular weight excluding hydrogens is 292 g/mol. The van der Waals surface area contributed by atoms with Gasteiger partial charge in [0, 0.05) is 25.6 Å². The molecule has 6 nitrogen and oxygen atoms in total. The number of carbonyl (C=O) groups excluding carboxylic acids is 1. The van der Waals surface area contributed by atoms with Gasteiger partial charge in [0.2, 0.25) is 11.8 Å².